The molecule has 2 aromatic rings. The molecule has 0 aliphatic heterocycles. The fourth-order valence-electron chi connectivity index (χ4n) is 2.06. The molecule has 0 spiro atoms. The second-order valence-electron chi connectivity index (χ2n) is 5.73. The Morgan fingerprint density at radius 1 is 1.08 bits per heavy atom. The topological polar surface area (TPSA) is 72.5 Å². The molecule has 1 heterocycles. The summed E-state index contributed by atoms with van der Waals surface area (Å²) in [6, 6.07) is 8.73. The number of rotatable bonds is 7. The van der Waals surface area contributed by atoms with Crippen LogP contribution >= 0.6 is 0 Å². The molecule has 6 nitrogen and oxygen atoms in total. The Morgan fingerprint density at radius 3 is 2.38 bits per heavy atom. The molecule has 0 fully saturated rings. The maximum absolute atomic E-state index is 12.3. The van der Waals surface area contributed by atoms with E-state index in [9.17, 15) is 4.79 Å². The van der Waals surface area contributed by atoms with Gasteiger partial charge < -0.3 is 20.1 Å². The monoisotopic (exact) mass is 329 g/mol. The average Bonchev–Trinajstić information content (AvgIpc) is 2.60. The van der Waals surface area contributed by atoms with Crippen LogP contribution in [0.2, 0.25) is 0 Å². The first-order chi connectivity index (χ1) is 11.5. The summed E-state index contributed by atoms with van der Waals surface area (Å²) in [6.45, 7) is 5.12. The molecular formula is C18H23N3O3. The van der Waals surface area contributed by atoms with E-state index in [1.807, 2.05) is 6.07 Å². The van der Waals surface area contributed by atoms with Crippen molar-refractivity contribution in [2.75, 3.05) is 31.4 Å². The molecule has 0 saturated heterocycles. The lowest BCUT2D eigenvalue weighted by Crippen LogP contribution is -2.14. The highest BCUT2D eigenvalue weighted by Gasteiger charge is 2.10. The Balaban J connectivity index is 2.04. The molecule has 0 aliphatic rings. The predicted octanol–water partition coefficient (Wildman–Crippen LogP) is 3.42. The zero-order chi connectivity index (χ0) is 17.5. The van der Waals surface area contributed by atoms with Gasteiger partial charge >= 0.3 is 0 Å². The molecule has 0 bridgehead atoms. The van der Waals surface area contributed by atoms with Crippen molar-refractivity contribution >= 4 is 17.3 Å². The molecule has 24 heavy (non-hydrogen) atoms. The lowest BCUT2D eigenvalue weighted by atomic mass is 10.2. The molecular weight excluding hydrogens is 306 g/mol. The summed E-state index contributed by atoms with van der Waals surface area (Å²) in [5, 5.41) is 6.06. The summed E-state index contributed by atoms with van der Waals surface area (Å²) < 4.78 is 10.4. The zero-order valence-corrected chi connectivity index (χ0v) is 14.4. The van der Waals surface area contributed by atoms with Crippen molar-refractivity contribution in [3.05, 3.63) is 42.2 Å². The number of pyridine rings is 1. The normalized spacial score (nSPS) is 10.4. The average molecular weight is 329 g/mol. The second kappa shape index (κ2) is 8.19. The van der Waals surface area contributed by atoms with E-state index in [2.05, 4.69) is 29.5 Å². The van der Waals surface area contributed by atoms with Crippen molar-refractivity contribution in [2.45, 2.75) is 13.8 Å². The van der Waals surface area contributed by atoms with Crippen LogP contribution in [0.3, 0.4) is 0 Å². The van der Waals surface area contributed by atoms with Crippen LogP contribution < -0.4 is 20.1 Å². The van der Waals surface area contributed by atoms with Crippen molar-refractivity contribution < 1.29 is 14.3 Å². The number of methoxy groups -OCH3 is 2. The van der Waals surface area contributed by atoms with E-state index in [1.165, 1.54) is 0 Å². The number of hydrogen-bond acceptors (Lipinski definition) is 5. The number of ether oxygens (including phenoxy) is 2. The van der Waals surface area contributed by atoms with E-state index in [4.69, 9.17) is 9.47 Å². The van der Waals surface area contributed by atoms with Crippen molar-refractivity contribution in [2.24, 2.45) is 5.92 Å². The molecule has 0 saturated carbocycles. The van der Waals surface area contributed by atoms with E-state index in [-0.39, 0.29) is 5.91 Å². The first kappa shape index (κ1) is 17.6. The second-order valence-corrected chi connectivity index (χ2v) is 5.73. The molecule has 0 atom stereocenters. The summed E-state index contributed by atoms with van der Waals surface area (Å²) in [7, 11) is 3.11. The lowest BCUT2D eigenvalue weighted by Gasteiger charge is -2.11. The fraction of sp³-hybridized carbons (Fsp3) is 0.333. The minimum absolute atomic E-state index is 0.280. The molecule has 1 amide bonds. The first-order valence-electron chi connectivity index (χ1n) is 7.76. The van der Waals surface area contributed by atoms with Crippen molar-refractivity contribution in [3.63, 3.8) is 0 Å². The summed E-state index contributed by atoms with van der Waals surface area (Å²) in [6.07, 6.45) is 1.66. The number of nitrogens with zero attached hydrogens (tertiary/aromatic N) is 1. The summed E-state index contributed by atoms with van der Waals surface area (Å²) in [4.78, 5) is 16.5. The van der Waals surface area contributed by atoms with Gasteiger partial charge in [-0.2, -0.15) is 0 Å². The van der Waals surface area contributed by atoms with Crippen LogP contribution in [-0.2, 0) is 0 Å². The summed E-state index contributed by atoms with van der Waals surface area (Å²) in [5.74, 6) is 1.42. The Kier molecular flexibility index (Phi) is 6.01. The van der Waals surface area contributed by atoms with E-state index < -0.39 is 0 Å². The zero-order valence-electron chi connectivity index (χ0n) is 14.4. The van der Waals surface area contributed by atoms with Gasteiger partial charge in [0.25, 0.3) is 5.91 Å². The number of benzene rings is 1. The summed E-state index contributed by atoms with van der Waals surface area (Å²) >= 11 is 0. The van der Waals surface area contributed by atoms with Gasteiger partial charge in [-0.25, -0.2) is 4.98 Å². The molecule has 0 unspecified atom stereocenters. The first-order valence-corrected chi connectivity index (χ1v) is 7.76. The lowest BCUT2D eigenvalue weighted by molar-refractivity contribution is 0.102. The summed E-state index contributed by atoms with van der Waals surface area (Å²) in [5.41, 5.74) is 1.85. The third kappa shape index (κ3) is 4.62. The van der Waals surface area contributed by atoms with Gasteiger partial charge in [-0.05, 0) is 30.2 Å². The van der Waals surface area contributed by atoms with Crippen LogP contribution in [0.15, 0.2) is 36.5 Å². The highest BCUT2D eigenvalue weighted by atomic mass is 16.5. The Hall–Kier alpha value is -2.76. The van der Waals surface area contributed by atoms with Gasteiger partial charge in [0.05, 0.1) is 26.1 Å². The largest absolute Gasteiger partial charge is 0.493 e. The number of nitrogens with one attached hydrogen (secondary N) is 2. The van der Waals surface area contributed by atoms with Gasteiger partial charge in [0, 0.05) is 18.3 Å². The SMILES string of the molecule is COc1ccc(NC(=O)c2ccc(NCC(C)C)cn2)cc1OC. The number of anilines is 2. The van der Waals surface area contributed by atoms with E-state index in [0.717, 1.165) is 12.2 Å². The molecule has 128 valence electrons. The van der Waals surface area contributed by atoms with Crippen LogP contribution in [0.5, 0.6) is 11.5 Å². The maximum Gasteiger partial charge on any atom is 0.274 e. The van der Waals surface area contributed by atoms with E-state index in [0.29, 0.717) is 28.8 Å². The maximum atomic E-state index is 12.3. The van der Waals surface area contributed by atoms with Gasteiger partial charge in [-0.3, -0.25) is 4.79 Å². The Labute approximate surface area is 142 Å². The van der Waals surface area contributed by atoms with Gasteiger partial charge in [0.2, 0.25) is 0 Å². The number of carbonyl (C=O) groups excluding carboxylic acids is 1. The predicted molar refractivity (Wildman–Crippen MR) is 95.1 cm³/mol. The smallest absolute Gasteiger partial charge is 0.274 e. The van der Waals surface area contributed by atoms with Crippen LogP contribution in [0.25, 0.3) is 0 Å². The third-order valence-electron chi connectivity index (χ3n) is 3.35. The van der Waals surface area contributed by atoms with Gasteiger partial charge in [0.15, 0.2) is 11.5 Å². The quantitative estimate of drug-likeness (QED) is 0.814. The Bertz CT molecular complexity index is 684. The minimum Gasteiger partial charge on any atom is -0.493 e. The number of amides is 1. The molecule has 6 heteroatoms. The molecule has 0 aliphatic carbocycles. The van der Waals surface area contributed by atoms with Crippen molar-refractivity contribution in [1.82, 2.24) is 4.98 Å². The fourth-order valence-corrected chi connectivity index (χ4v) is 2.06. The van der Waals surface area contributed by atoms with Crippen molar-refractivity contribution in [1.29, 1.82) is 0 Å². The highest BCUT2D eigenvalue weighted by molar-refractivity contribution is 6.03. The molecule has 1 aromatic carbocycles. The van der Waals surface area contributed by atoms with Gasteiger partial charge in [0.1, 0.15) is 5.69 Å². The highest BCUT2D eigenvalue weighted by Crippen LogP contribution is 2.29. The van der Waals surface area contributed by atoms with Crippen LogP contribution in [0.4, 0.5) is 11.4 Å². The van der Waals surface area contributed by atoms with E-state index in [1.54, 1.807) is 44.7 Å². The van der Waals surface area contributed by atoms with Crippen LogP contribution in [-0.4, -0.2) is 31.7 Å². The van der Waals surface area contributed by atoms with Gasteiger partial charge in [-0.15, -0.1) is 0 Å². The van der Waals surface area contributed by atoms with Gasteiger partial charge in [-0.1, -0.05) is 13.8 Å². The Morgan fingerprint density at radius 2 is 1.79 bits per heavy atom. The number of aromatic nitrogens is 1. The third-order valence-corrected chi connectivity index (χ3v) is 3.35. The van der Waals surface area contributed by atoms with Crippen LogP contribution in [0.1, 0.15) is 24.3 Å². The molecule has 1 aromatic heterocycles. The minimum atomic E-state index is -0.280. The van der Waals surface area contributed by atoms with Crippen LogP contribution in [0, 0.1) is 5.92 Å². The number of carbonyl (C=O) groups is 1. The van der Waals surface area contributed by atoms with E-state index >= 15 is 0 Å². The number of hydrogen-bond donors (Lipinski definition) is 2. The molecule has 2 N–H and O–H groups in total. The molecule has 0 radical (unpaired) electrons. The van der Waals surface area contributed by atoms with Crippen molar-refractivity contribution in [3.8, 4) is 11.5 Å². The standard InChI is InChI=1S/C18H23N3O3/c1-12(2)10-19-14-5-7-15(20-11-14)18(22)21-13-6-8-16(23-3)17(9-13)24-4/h5-9,11-12,19H,10H2,1-4H3,(H,21,22). The molecule has 2 rings (SSSR count).